The van der Waals surface area contributed by atoms with E-state index in [0.29, 0.717) is 16.9 Å². The predicted octanol–water partition coefficient (Wildman–Crippen LogP) is 5.39. The van der Waals surface area contributed by atoms with Crippen LogP contribution in [0.2, 0.25) is 0 Å². The summed E-state index contributed by atoms with van der Waals surface area (Å²) < 4.78 is 10.2. The van der Waals surface area contributed by atoms with Gasteiger partial charge in [-0.25, -0.2) is 9.59 Å². The first-order valence-electron chi connectivity index (χ1n) is 10.9. The van der Waals surface area contributed by atoms with E-state index in [9.17, 15) is 19.6 Å². The maximum absolute atomic E-state index is 12.7. The topological polar surface area (TPSA) is 105 Å². The summed E-state index contributed by atoms with van der Waals surface area (Å²) in [5.74, 6) is -1.46. The number of nitrogens with one attached hydrogen (secondary N) is 1. The molecule has 4 aromatic rings. The van der Waals surface area contributed by atoms with Crippen molar-refractivity contribution in [1.82, 2.24) is 0 Å². The van der Waals surface area contributed by atoms with E-state index in [4.69, 9.17) is 9.47 Å². The Hall–Kier alpha value is -5.22. The van der Waals surface area contributed by atoms with Crippen LogP contribution in [0.3, 0.4) is 0 Å². The van der Waals surface area contributed by atoms with Gasteiger partial charge in [0.2, 0.25) is 0 Å². The number of hydrogen-bond donors (Lipinski definition) is 1. The number of hydrogen-bond acceptors (Lipinski definition) is 6. The number of anilines is 1. The fourth-order valence-electron chi connectivity index (χ4n) is 3.58. The highest BCUT2D eigenvalue weighted by atomic mass is 16.5. The fourth-order valence-corrected chi connectivity index (χ4v) is 3.58. The number of para-hydroxylation sites is 1. The smallest absolute Gasteiger partial charge is 0.344 e. The Labute approximate surface area is 207 Å². The second kappa shape index (κ2) is 10.8. The maximum atomic E-state index is 12.7. The SMILES string of the molecule is COC(=O)c1ccccc1NC(=O)/C(C#N)=C/c1ccc(OC(=O)c2cccc3ccccc23)cc1. The van der Waals surface area contributed by atoms with Crippen molar-refractivity contribution in [2.45, 2.75) is 0 Å². The molecule has 0 saturated heterocycles. The number of esters is 2. The molecule has 176 valence electrons. The van der Waals surface area contributed by atoms with Crippen LogP contribution in [0, 0.1) is 11.3 Å². The summed E-state index contributed by atoms with van der Waals surface area (Å²) >= 11 is 0. The standard InChI is InChI=1S/C29H20N2O5/c1-35-28(33)25-10-4-5-12-26(25)31-27(32)21(18-30)17-19-13-15-22(16-14-19)36-29(34)24-11-6-8-20-7-2-3-9-23(20)24/h2-17H,1H3,(H,31,32)/b21-17+. The molecular weight excluding hydrogens is 456 g/mol. The third kappa shape index (κ3) is 5.29. The Morgan fingerprint density at radius 1 is 0.806 bits per heavy atom. The first kappa shape index (κ1) is 23.9. The first-order chi connectivity index (χ1) is 17.5. The summed E-state index contributed by atoms with van der Waals surface area (Å²) in [5, 5.41) is 13.8. The molecule has 0 spiro atoms. The van der Waals surface area contributed by atoms with Gasteiger partial charge in [-0.3, -0.25) is 4.79 Å². The summed E-state index contributed by atoms with van der Waals surface area (Å²) in [5.41, 5.74) is 1.23. The van der Waals surface area contributed by atoms with E-state index < -0.39 is 17.8 Å². The summed E-state index contributed by atoms with van der Waals surface area (Å²) in [7, 11) is 1.24. The number of methoxy groups -OCH3 is 1. The second-order valence-corrected chi connectivity index (χ2v) is 7.65. The van der Waals surface area contributed by atoms with Crippen LogP contribution in [0.1, 0.15) is 26.3 Å². The maximum Gasteiger partial charge on any atom is 0.344 e. The average Bonchev–Trinajstić information content (AvgIpc) is 2.92. The Bertz CT molecular complexity index is 1530. The molecule has 0 aromatic heterocycles. The predicted molar refractivity (Wildman–Crippen MR) is 135 cm³/mol. The van der Waals surface area contributed by atoms with E-state index in [1.165, 1.54) is 25.3 Å². The van der Waals surface area contributed by atoms with Crippen molar-refractivity contribution in [3.05, 3.63) is 113 Å². The van der Waals surface area contributed by atoms with Crippen LogP contribution in [0.25, 0.3) is 16.8 Å². The molecule has 0 radical (unpaired) electrons. The molecule has 36 heavy (non-hydrogen) atoms. The van der Waals surface area contributed by atoms with Crippen LogP contribution in [0.15, 0.2) is 96.6 Å². The van der Waals surface area contributed by atoms with Gasteiger partial charge in [-0.15, -0.1) is 0 Å². The Kier molecular flexibility index (Phi) is 7.18. The van der Waals surface area contributed by atoms with E-state index in [1.54, 1.807) is 48.5 Å². The quantitative estimate of drug-likeness (QED) is 0.173. The van der Waals surface area contributed by atoms with Gasteiger partial charge in [-0.1, -0.05) is 60.7 Å². The van der Waals surface area contributed by atoms with Crippen molar-refractivity contribution >= 4 is 40.4 Å². The minimum atomic E-state index is -0.680. The third-order valence-electron chi connectivity index (χ3n) is 5.36. The zero-order chi connectivity index (χ0) is 25.5. The van der Waals surface area contributed by atoms with Crippen molar-refractivity contribution in [3.8, 4) is 11.8 Å². The highest BCUT2D eigenvalue weighted by Crippen LogP contribution is 2.22. The molecular formula is C29H20N2O5. The number of benzene rings is 4. The monoisotopic (exact) mass is 476 g/mol. The number of nitriles is 1. The highest BCUT2D eigenvalue weighted by molar-refractivity contribution is 6.12. The number of nitrogens with zero attached hydrogens (tertiary/aromatic N) is 1. The lowest BCUT2D eigenvalue weighted by atomic mass is 10.0. The Morgan fingerprint density at radius 2 is 1.47 bits per heavy atom. The number of carbonyl (C=O) groups excluding carboxylic acids is 3. The second-order valence-electron chi connectivity index (χ2n) is 7.65. The Morgan fingerprint density at radius 3 is 2.22 bits per heavy atom. The molecule has 0 atom stereocenters. The molecule has 1 N–H and O–H groups in total. The lowest BCUT2D eigenvalue weighted by Gasteiger charge is -2.09. The molecule has 4 rings (SSSR count). The van der Waals surface area contributed by atoms with Gasteiger partial charge < -0.3 is 14.8 Å². The van der Waals surface area contributed by atoms with Gasteiger partial charge in [0.25, 0.3) is 5.91 Å². The normalized spacial score (nSPS) is 10.8. The van der Waals surface area contributed by atoms with E-state index in [1.807, 2.05) is 36.4 Å². The zero-order valence-electron chi connectivity index (χ0n) is 19.2. The minimum Gasteiger partial charge on any atom is -0.465 e. The number of amides is 1. The molecule has 0 unspecified atom stereocenters. The lowest BCUT2D eigenvalue weighted by molar-refractivity contribution is -0.112. The number of ether oxygens (including phenoxy) is 2. The van der Waals surface area contributed by atoms with E-state index in [0.717, 1.165) is 10.8 Å². The summed E-state index contributed by atoms with van der Waals surface area (Å²) in [6.45, 7) is 0. The largest absolute Gasteiger partial charge is 0.465 e. The summed E-state index contributed by atoms with van der Waals surface area (Å²) in [6.07, 6.45) is 1.40. The molecule has 7 nitrogen and oxygen atoms in total. The van der Waals surface area contributed by atoms with Crippen LogP contribution < -0.4 is 10.1 Å². The average molecular weight is 476 g/mol. The van der Waals surface area contributed by atoms with Crippen molar-refractivity contribution in [1.29, 1.82) is 5.26 Å². The molecule has 0 heterocycles. The molecule has 4 aromatic carbocycles. The van der Waals surface area contributed by atoms with Gasteiger partial charge in [0.1, 0.15) is 17.4 Å². The van der Waals surface area contributed by atoms with Crippen LogP contribution in [0.5, 0.6) is 5.75 Å². The highest BCUT2D eigenvalue weighted by Gasteiger charge is 2.16. The fraction of sp³-hybridized carbons (Fsp3) is 0.0345. The van der Waals surface area contributed by atoms with Crippen LogP contribution in [-0.2, 0) is 9.53 Å². The van der Waals surface area contributed by atoms with Crippen molar-refractivity contribution in [2.24, 2.45) is 0 Å². The van der Waals surface area contributed by atoms with Gasteiger partial charge >= 0.3 is 11.9 Å². The molecule has 0 bridgehead atoms. The van der Waals surface area contributed by atoms with Crippen LogP contribution in [0.4, 0.5) is 5.69 Å². The molecule has 0 aliphatic heterocycles. The Balaban J connectivity index is 1.49. The van der Waals surface area contributed by atoms with E-state index in [2.05, 4.69) is 5.32 Å². The van der Waals surface area contributed by atoms with Gasteiger partial charge in [-0.05, 0) is 52.7 Å². The molecule has 0 aliphatic rings. The molecule has 0 saturated carbocycles. The molecule has 0 fully saturated rings. The van der Waals surface area contributed by atoms with Crippen molar-refractivity contribution in [2.75, 3.05) is 12.4 Å². The van der Waals surface area contributed by atoms with Crippen LogP contribution >= 0.6 is 0 Å². The molecule has 1 amide bonds. The lowest BCUT2D eigenvalue weighted by Crippen LogP contribution is -2.16. The minimum absolute atomic E-state index is 0.169. The number of rotatable bonds is 6. The van der Waals surface area contributed by atoms with Gasteiger partial charge in [0.05, 0.1) is 23.9 Å². The summed E-state index contributed by atoms with van der Waals surface area (Å²) in [6, 6.07) is 27.6. The first-order valence-corrected chi connectivity index (χ1v) is 10.9. The third-order valence-corrected chi connectivity index (χ3v) is 5.36. The number of fused-ring (bicyclic) bond motifs is 1. The zero-order valence-corrected chi connectivity index (χ0v) is 19.2. The van der Waals surface area contributed by atoms with Gasteiger partial charge in [0, 0.05) is 0 Å². The molecule has 7 heteroatoms. The van der Waals surface area contributed by atoms with Crippen molar-refractivity contribution < 1.29 is 23.9 Å². The van der Waals surface area contributed by atoms with Gasteiger partial charge in [-0.2, -0.15) is 5.26 Å². The van der Waals surface area contributed by atoms with Crippen molar-refractivity contribution in [3.63, 3.8) is 0 Å². The molecule has 0 aliphatic carbocycles. The van der Waals surface area contributed by atoms with E-state index >= 15 is 0 Å². The number of carbonyl (C=O) groups is 3. The van der Waals surface area contributed by atoms with Gasteiger partial charge in [0.15, 0.2) is 0 Å². The van der Waals surface area contributed by atoms with E-state index in [-0.39, 0.29) is 16.8 Å². The van der Waals surface area contributed by atoms with Crippen LogP contribution in [-0.4, -0.2) is 25.0 Å². The summed E-state index contributed by atoms with van der Waals surface area (Å²) in [4.78, 5) is 37.3.